The Hall–Kier alpha value is -1.79. The first kappa shape index (κ1) is 11.3. The van der Waals surface area contributed by atoms with Gasteiger partial charge in [0.15, 0.2) is 11.5 Å². The van der Waals surface area contributed by atoms with Crippen LogP contribution in [0.25, 0.3) is 0 Å². The first-order valence-corrected chi connectivity index (χ1v) is 3.73. The lowest BCUT2D eigenvalue weighted by Gasteiger charge is -2.07. The minimum absolute atomic E-state index is 0.403. The highest BCUT2D eigenvalue weighted by molar-refractivity contribution is 5.85. The zero-order valence-corrected chi connectivity index (χ0v) is 7.50. The summed E-state index contributed by atoms with van der Waals surface area (Å²) in [6, 6.07) is 0.403. The van der Waals surface area contributed by atoms with Gasteiger partial charge < -0.3 is 9.84 Å². The summed E-state index contributed by atoms with van der Waals surface area (Å²) in [5, 5.41) is 8.47. The minimum Gasteiger partial charge on any atom is -0.481 e. The predicted molar refractivity (Wildman–Crippen MR) is 42.7 cm³/mol. The van der Waals surface area contributed by atoms with Gasteiger partial charge in [0.05, 0.1) is 12.7 Å². The van der Waals surface area contributed by atoms with Gasteiger partial charge in [-0.15, -0.1) is 0 Å². The van der Waals surface area contributed by atoms with E-state index in [0.717, 1.165) is 7.11 Å². The molecule has 1 aromatic heterocycles. The van der Waals surface area contributed by atoms with Crippen LogP contribution in [0.5, 0.6) is 5.88 Å². The summed E-state index contributed by atoms with van der Waals surface area (Å²) in [7, 11) is 1.04. The third kappa shape index (κ3) is 2.17. The molecule has 1 N–H and O–H groups in total. The van der Waals surface area contributed by atoms with Crippen LogP contribution in [0.1, 0.15) is 22.5 Å². The molecule has 4 nitrogen and oxygen atoms in total. The topological polar surface area (TPSA) is 59.4 Å². The van der Waals surface area contributed by atoms with Gasteiger partial charge in [0.1, 0.15) is 0 Å². The van der Waals surface area contributed by atoms with E-state index >= 15 is 0 Å². The van der Waals surface area contributed by atoms with E-state index in [1.807, 2.05) is 0 Å². The third-order valence-corrected chi connectivity index (χ3v) is 1.60. The molecule has 0 fully saturated rings. The van der Waals surface area contributed by atoms with Crippen LogP contribution >= 0.6 is 0 Å². The molecule has 0 aromatic carbocycles. The van der Waals surface area contributed by atoms with Crippen LogP contribution < -0.4 is 4.74 Å². The average Bonchev–Trinajstić information content (AvgIpc) is 2.16. The van der Waals surface area contributed by atoms with E-state index in [0.29, 0.717) is 6.07 Å². The van der Waals surface area contributed by atoms with Crippen LogP contribution in [0, 0.1) is 5.82 Å². The lowest BCUT2D eigenvalue weighted by molar-refractivity contribution is 0.0682. The van der Waals surface area contributed by atoms with E-state index < -0.39 is 35.3 Å². The number of aromatic carboxylic acids is 1. The number of nitrogens with zero attached hydrogens (tertiary/aromatic N) is 1. The summed E-state index contributed by atoms with van der Waals surface area (Å²) < 4.78 is 42.0. The van der Waals surface area contributed by atoms with Crippen molar-refractivity contribution in [3.63, 3.8) is 0 Å². The number of pyridine rings is 1. The van der Waals surface area contributed by atoms with Crippen molar-refractivity contribution >= 4 is 5.97 Å². The number of aromatic nitrogens is 1. The Morgan fingerprint density at radius 3 is 2.60 bits per heavy atom. The number of hydrogen-bond acceptors (Lipinski definition) is 3. The van der Waals surface area contributed by atoms with Crippen molar-refractivity contribution in [1.82, 2.24) is 4.98 Å². The maximum atomic E-state index is 12.9. The van der Waals surface area contributed by atoms with E-state index in [2.05, 4.69) is 9.72 Å². The molecule has 1 aromatic rings. The van der Waals surface area contributed by atoms with Gasteiger partial charge in [0.25, 0.3) is 6.43 Å². The lowest BCUT2D eigenvalue weighted by Crippen LogP contribution is -2.08. The van der Waals surface area contributed by atoms with Crippen LogP contribution in [0.15, 0.2) is 6.07 Å². The standard InChI is InChI=1S/C8H6F3NO3/c1-15-7-3(6(10)11)2-4(9)5(12-7)8(13)14/h2,6H,1H3,(H,13,14). The number of halogens is 3. The Labute approximate surface area is 82.3 Å². The van der Waals surface area contributed by atoms with E-state index in [4.69, 9.17) is 5.11 Å². The zero-order chi connectivity index (χ0) is 11.6. The molecule has 0 saturated carbocycles. The Kier molecular flexibility index (Phi) is 3.13. The van der Waals surface area contributed by atoms with Gasteiger partial charge in [0, 0.05) is 0 Å². The number of alkyl halides is 2. The molecule has 0 aliphatic carbocycles. The van der Waals surface area contributed by atoms with E-state index in [-0.39, 0.29) is 0 Å². The monoisotopic (exact) mass is 221 g/mol. The minimum atomic E-state index is -2.98. The number of carbonyl (C=O) groups is 1. The summed E-state index contributed by atoms with van der Waals surface area (Å²) in [6.07, 6.45) is -2.98. The SMILES string of the molecule is COc1nc(C(=O)O)c(F)cc1C(F)F. The molecule has 0 radical (unpaired) electrons. The largest absolute Gasteiger partial charge is 0.481 e. The van der Waals surface area contributed by atoms with Crippen molar-refractivity contribution in [3.05, 3.63) is 23.1 Å². The molecule has 0 unspecified atom stereocenters. The molecular formula is C8H6F3NO3. The maximum Gasteiger partial charge on any atom is 0.357 e. The quantitative estimate of drug-likeness (QED) is 0.846. The normalized spacial score (nSPS) is 10.5. The van der Waals surface area contributed by atoms with Gasteiger partial charge in [-0.2, -0.15) is 0 Å². The molecule has 0 amide bonds. The van der Waals surface area contributed by atoms with Crippen LogP contribution in [-0.4, -0.2) is 23.2 Å². The van der Waals surface area contributed by atoms with E-state index in [9.17, 15) is 18.0 Å². The Morgan fingerprint density at radius 2 is 2.20 bits per heavy atom. The summed E-state index contributed by atoms with van der Waals surface area (Å²) >= 11 is 0. The predicted octanol–water partition coefficient (Wildman–Crippen LogP) is 1.87. The van der Waals surface area contributed by atoms with Gasteiger partial charge in [-0.1, -0.05) is 0 Å². The molecule has 0 aliphatic heterocycles. The molecule has 1 heterocycles. The number of carboxylic acid groups (broad SMARTS) is 1. The molecule has 7 heteroatoms. The van der Waals surface area contributed by atoms with Crippen molar-refractivity contribution in [2.24, 2.45) is 0 Å². The molecule has 0 atom stereocenters. The first-order chi connectivity index (χ1) is 6.97. The van der Waals surface area contributed by atoms with Gasteiger partial charge in [-0.3, -0.25) is 0 Å². The molecule has 0 bridgehead atoms. The van der Waals surface area contributed by atoms with Crippen molar-refractivity contribution in [2.75, 3.05) is 7.11 Å². The second-order valence-corrected chi connectivity index (χ2v) is 2.52. The van der Waals surface area contributed by atoms with Crippen molar-refractivity contribution < 1.29 is 27.8 Å². The number of methoxy groups -OCH3 is 1. The third-order valence-electron chi connectivity index (χ3n) is 1.60. The van der Waals surface area contributed by atoms with Crippen molar-refractivity contribution in [3.8, 4) is 5.88 Å². The summed E-state index contributed by atoms with van der Waals surface area (Å²) in [6.45, 7) is 0. The van der Waals surface area contributed by atoms with Gasteiger partial charge in [0.2, 0.25) is 5.88 Å². The molecule has 0 aliphatic rings. The van der Waals surface area contributed by atoms with Gasteiger partial charge in [-0.25, -0.2) is 22.9 Å². The lowest BCUT2D eigenvalue weighted by atomic mass is 10.2. The summed E-state index contributed by atoms with van der Waals surface area (Å²) in [5.41, 5.74) is -1.73. The number of rotatable bonds is 3. The summed E-state index contributed by atoms with van der Waals surface area (Å²) in [5.74, 6) is -3.56. The molecular weight excluding hydrogens is 215 g/mol. The van der Waals surface area contributed by atoms with Crippen molar-refractivity contribution in [1.29, 1.82) is 0 Å². The fourth-order valence-electron chi connectivity index (χ4n) is 0.956. The average molecular weight is 221 g/mol. The Bertz CT molecular complexity index is 395. The fraction of sp³-hybridized carbons (Fsp3) is 0.250. The van der Waals surface area contributed by atoms with Crippen LogP contribution in [0.3, 0.4) is 0 Å². The van der Waals surface area contributed by atoms with Crippen LogP contribution in [0.4, 0.5) is 13.2 Å². The Balaban J connectivity index is 3.35. The number of hydrogen-bond donors (Lipinski definition) is 1. The fourth-order valence-corrected chi connectivity index (χ4v) is 0.956. The maximum absolute atomic E-state index is 12.9. The zero-order valence-electron chi connectivity index (χ0n) is 7.50. The number of carboxylic acids is 1. The molecule has 82 valence electrons. The summed E-state index contributed by atoms with van der Waals surface area (Å²) in [4.78, 5) is 13.6. The number of ether oxygens (including phenoxy) is 1. The van der Waals surface area contributed by atoms with Gasteiger partial charge in [-0.05, 0) is 6.07 Å². The molecule has 0 saturated heterocycles. The first-order valence-electron chi connectivity index (χ1n) is 3.73. The highest BCUT2D eigenvalue weighted by atomic mass is 19.3. The second kappa shape index (κ2) is 4.16. The van der Waals surface area contributed by atoms with E-state index in [1.165, 1.54) is 0 Å². The molecule has 15 heavy (non-hydrogen) atoms. The second-order valence-electron chi connectivity index (χ2n) is 2.52. The smallest absolute Gasteiger partial charge is 0.357 e. The highest BCUT2D eigenvalue weighted by Gasteiger charge is 2.22. The molecule has 0 spiro atoms. The Morgan fingerprint density at radius 1 is 1.60 bits per heavy atom. The van der Waals surface area contributed by atoms with Gasteiger partial charge >= 0.3 is 5.97 Å². The van der Waals surface area contributed by atoms with Crippen LogP contribution in [-0.2, 0) is 0 Å². The molecule has 1 rings (SSSR count). The van der Waals surface area contributed by atoms with Crippen molar-refractivity contribution in [2.45, 2.75) is 6.43 Å². The van der Waals surface area contributed by atoms with Crippen LogP contribution in [0.2, 0.25) is 0 Å². The van der Waals surface area contributed by atoms with E-state index in [1.54, 1.807) is 0 Å². The highest BCUT2D eigenvalue weighted by Crippen LogP contribution is 2.28.